The Kier molecular flexibility index (Phi) is 5.49. The third-order valence-corrected chi connectivity index (χ3v) is 3.98. The highest BCUT2D eigenvalue weighted by atomic mass is 16.5. The SMILES string of the molecule is C[C@H](NC(=O)Nc1ccccc1)C(=O)OCc1cccc2ccccc12. The zero-order valence-electron chi connectivity index (χ0n) is 14.4. The number of hydrogen-bond donors (Lipinski definition) is 2. The molecule has 0 aliphatic rings. The van der Waals surface area contributed by atoms with Crippen molar-refractivity contribution in [3.63, 3.8) is 0 Å². The van der Waals surface area contributed by atoms with Crippen LogP contribution in [-0.4, -0.2) is 18.0 Å². The number of ether oxygens (including phenoxy) is 1. The fourth-order valence-electron chi connectivity index (χ4n) is 2.64. The lowest BCUT2D eigenvalue weighted by atomic mass is 10.1. The highest BCUT2D eigenvalue weighted by Crippen LogP contribution is 2.19. The van der Waals surface area contributed by atoms with Crippen LogP contribution in [-0.2, 0) is 16.1 Å². The average molecular weight is 348 g/mol. The van der Waals surface area contributed by atoms with Gasteiger partial charge in [0, 0.05) is 5.69 Å². The molecule has 2 amide bonds. The van der Waals surface area contributed by atoms with Crippen molar-refractivity contribution in [2.24, 2.45) is 0 Å². The van der Waals surface area contributed by atoms with Gasteiger partial charge in [0.05, 0.1) is 0 Å². The van der Waals surface area contributed by atoms with Crippen LogP contribution in [0.15, 0.2) is 72.8 Å². The third-order valence-electron chi connectivity index (χ3n) is 3.98. The Balaban J connectivity index is 1.55. The summed E-state index contributed by atoms with van der Waals surface area (Å²) >= 11 is 0. The molecule has 5 heteroatoms. The molecule has 0 saturated heterocycles. The molecule has 0 aliphatic carbocycles. The number of anilines is 1. The van der Waals surface area contributed by atoms with E-state index in [1.54, 1.807) is 19.1 Å². The van der Waals surface area contributed by atoms with E-state index in [1.807, 2.05) is 60.7 Å². The molecule has 2 N–H and O–H groups in total. The number of hydrogen-bond acceptors (Lipinski definition) is 3. The van der Waals surface area contributed by atoms with E-state index in [4.69, 9.17) is 4.74 Å². The van der Waals surface area contributed by atoms with Crippen LogP contribution in [0.1, 0.15) is 12.5 Å². The largest absolute Gasteiger partial charge is 0.459 e. The monoisotopic (exact) mass is 348 g/mol. The maximum Gasteiger partial charge on any atom is 0.328 e. The van der Waals surface area contributed by atoms with Crippen LogP contribution in [0.4, 0.5) is 10.5 Å². The van der Waals surface area contributed by atoms with Crippen LogP contribution in [0.5, 0.6) is 0 Å². The average Bonchev–Trinajstić information content (AvgIpc) is 2.66. The Bertz CT molecular complexity index is 904. The van der Waals surface area contributed by atoms with Gasteiger partial charge < -0.3 is 15.4 Å². The molecule has 0 radical (unpaired) electrons. The minimum absolute atomic E-state index is 0.159. The Morgan fingerprint density at radius 1 is 0.923 bits per heavy atom. The van der Waals surface area contributed by atoms with Crippen LogP contribution in [0, 0.1) is 0 Å². The van der Waals surface area contributed by atoms with Crippen molar-refractivity contribution < 1.29 is 14.3 Å². The first-order valence-electron chi connectivity index (χ1n) is 8.39. The van der Waals surface area contributed by atoms with E-state index in [1.165, 1.54) is 0 Å². The van der Waals surface area contributed by atoms with Crippen molar-refractivity contribution in [2.45, 2.75) is 19.6 Å². The third kappa shape index (κ3) is 4.39. The lowest BCUT2D eigenvalue weighted by Gasteiger charge is -2.15. The fourth-order valence-corrected chi connectivity index (χ4v) is 2.64. The first-order chi connectivity index (χ1) is 12.6. The molecule has 0 heterocycles. The van der Waals surface area contributed by atoms with Gasteiger partial charge in [-0.25, -0.2) is 9.59 Å². The molecule has 0 bridgehead atoms. The second-order valence-electron chi connectivity index (χ2n) is 5.93. The number of amides is 2. The minimum Gasteiger partial charge on any atom is -0.459 e. The van der Waals surface area contributed by atoms with Gasteiger partial charge in [0.15, 0.2) is 0 Å². The van der Waals surface area contributed by atoms with Gasteiger partial charge in [-0.2, -0.15) is 0 Å². The number of carbonyl (C=O) groups excluding carboxylic acids is 2. The van der Waals surface area contributed by atoms with Gasteiger partial charge >= 0.3 is 12.0 Å². The Morgan fingerprint density at radius 2 is 1.62 bits per heavy atom. The molecular formula is C21H20N2O3. The van der Waals surface area contributed by atoms with E-state index in [-0.39, 0.29) is 6.61 Å². The highest BCUT2D eigenvalue weighted by molar-refractivity contribution is 5.92. The van der Waals surface area contributed by atoms with Crippen LogP contribution in [0.25, 0.3) is 10.8 Å². The fraction of sp³-hybridized carbons (Fsp3) is 0.143. The van der Waals surface area contributed by atoms with E-state index in [0.717, 1.165) is 16.3 Å². The minimum atomic E-state index is -0.756. The summed E-state index contributed by atoms with van der Waals surface area (Å²) in [5.74, 6) is -0.485. The number of fused-ring (bicyclic) bond motifs is 1. The number of rotatable bonds is 5. The van der Waals surface area contributed by atoms with E-state index in [0.29, 0.717) is 5.69 Å². The number of carbonyl (C=O) groups is 2. The summed E-state index contributed by atoms with van der Waals surface area (Å²) in [5.41, 5.74) is 1.58. The van der Waals surface area contributed by atoms with Crippen molar-refractivity contribution >= 4 is 28.5 Å². The number of esters is 1. The van der Waals surface area contributed by atoms with Gasteiger partial charge in [-0.05, 0) is 35.4 Å². The zero-order chi connectivity index (χ0) is 18.4. The van der Waals surface area contributed by atoms with Gasteiger partial charge in [0.25, 0.3) is 0 Å². The van der Waals surface area contributed by atoms with Crippen LogP contribution >= 0.6 is 0 Å². The summed E-state index contributed by atoms with van der Waals surface area (Å²) in [7, 11) is 0. The molecule has 1 atom stereocenters. The summed E-state index contributed by atoms with van der Waals surface area (Å²) in [6.07, 6.45) is 0. The lowest BCUT2D eigenvalue weighted by Crippen LogP contribution is -2.41. The van der Waals surface area contributed by atoms with Gasteiger partial charge in [0.1, 0.15) is 12.6 Å². The predicted molar refractivity (Wildman–Crippen MR) is 102 cm³/mol. The number of benzene rings is 3. The molecule has 26 heavy (non-hydrogen) atoms. The molecule has 3 aromatic carbocycles. The van der Waals surface area contributed by atoms with E-state index in [9.17, 15) is 9.59 Å². The van der Waals surface area contributed by atoms with Crippen molar-refractivity contribution in [1.82, 2.24) is 5.32 Å². The molecule has 3 aromatic rings. The summed E-state index contributed by atoms with van der Waals surface area (Å²) in [6.45, 7) is 1.75. The molecule has 3 rings (SSSR count). The van der Waals surface area contributed by atoms with E-state index < -0.39 is 18.0 Å². The Labute approximate surface area is 152 Å². The normalized spacial score (nSPS) is 11.6. The van der Waals surface area contributed by atoms with Crippen molar-refractivity contribution in [3.05, 3.63) is 78.4 Å². The first-order valence-corrected chi connectivity index (χ1v) is 8.39. The smallest absolute Gasteiger partial charge is 0.328 e. The van der Waals surface area contributed by atoms with Gasteiger partial charge in [-0.1, -0.05) is 60.7 Å². The first kappa shape index (κ1) is 17.5. The van der Waals surface area contributed by atoms with Gasteiger partial charge in [-0.15, -0.1) is 0 Å². The summed E-state index contributed by atoms with van der Waals surface area (Å²) in [4.78, 5) is 24.1. The van der Waals surface area contributed by atoms with Crippen molar-refractivity contribution in [2.75, 3.05) is 5.32 Å². The molecular weight excluding hydrogens is 328 g/mol. The van der Waals surface area contributed by atoms with E-state index in [2.05, 4.69) is 10.6 Å². The number of nitrogens with one attached hydrogen (secondary N) is 2. The molecule has 0 fully saturated rings. The lowest BCUT2D eigenvalue weighted by molar-refractivity contribution is -0.146. The highest BCUT2D eigenvalue weighted by Gasteiger charge is 2.17. The molecule has 0 saturated carbocycles. The molecule has 0 unspecified atom stereocenters. The van der Waals surface area contributed by atoms with E-state index >= 15 is 0 Å². The van der Waals surface area contributed by atoms with Crippen molar-refractivity contribution in [3.8, 4) is 0 Å². The quantitative estimate of drug-likeness (QED) is 0.682. The van der Waals surface area contributed by atoms with Crippen LogP contribution in [0.3, 0.4) is 0 Å². The topological polar surface area (TPSA) is 67.4 Å². The van der Waals surface area contributed by atoms with Gasteiger partial charge in [0.2, 0.25) is 0 Å². The second kappa shape index (κ2) is 8.16. The Morgan fingerprint density at radius 3 is 2.42 bits per heavy atom. The molecule has 0 aliphatic heterocycles. The zero-order valence-corrected chi connectivity index (χ0v) is 14.4. The number of para-hydroxylation sites is 1. The Hall–Kier alpha value is -3.34. The van der Waals surface area contributed by atoms with Crippen molar-refractivity contribution in [1.29, 1.82) is 0 Å². The molecule has 0 spiro atoms. The maximum absolute atomic E-state index is 12.2. The standard InChI is InChI=1S/C21H20N2O3/c1-15(22-21(25)23-18-11-3-2-4-12-18)20(24)26-14-17-10-7-9-16-8-5-6-13-19(16)17/h2-13,15H,14H2,1H3,(H2,22,23,25)/t15-/m0/s1. The molecule has 5 nitrogen and oxygen atoms in total. The number of urea groups is 1. The molecule has 0 aromatic heterocycles. The summed E-state index contributed by atoms with van der Waals surface area (Å²) in [6, 6.07) is 21.6. The maximum atomic E-state index is 12.2. The summed E-state index contributed by atoms with van der Waals surface area (Å²) in [5, 5.41) is 7.38. The second-order valence-corrected chi connectivity index (χ2v) is 5.93. The predicted octanol–water partition coefficient (Wildman–Crippen LogP) is 4.09. The summed E-state index contributed by atoms with van der Waals surface area (Å²) < 4.78 is 5.37. The van der Waals surface area contributed by atoms with Crippen LogP contribution in [0.2, 0.25) is 0 Å². The molecule has 132 valence electrons. The van der Waals surface area contributed by atoms with Crippen LogP contribution < -0.4 is 10.6 Å². The van der Waals surface area contributed by atoms with Gasteiger partial charge in [-0.3, -0.25) is 0 Å².